The van der Waals surface area contributed by atoms with Crippen molar-refractivity contribution in [1.29, 1.82) is 0 Å². The topological polar surface area (TPSA) is 29.5 Å². The number of carbonyl (C=O) groups is 1. The highest BCUT2D eigenvalue weighted by molar-refractivity contribution is 5.77. The van der Waals surface area contributed by atoms with Crippen molar-refractivity contribution in [2.24, 2.45) is 0 Å². The lowest BCUT2D eigenvalue weighted by atomic mass is 10.3. The van der Waals surface area contributed by atoms with Crippen LogP contribution in [-0.2, 0) is 4.79 Å². The van der Waals surface area contributed by atoms with Crippen LogP contribution >= 0.6 is 0 Å². The maximum atomic E-state index is 13.2. The van der Waals surface area contributed by atoms with Gasteiger partial charge >= 0.3 is 6.18 Å². The Kier molecular flexibility index (Phi) is 5.14. The van der Waals surface area contributed by atoms with Gasteiger partial charge in [-0.15, -0.1) is 0 Å². The Bertz CT molecular complexity index is 434. The molecule has 0 radical (unpaired) electrons. The van der Waals surface area contributed by atoms with Crippen molar-refractivity contribution < 1.29 is 27.1 Å². The highest BCUT2D eigenvalue weighted by Crippen LogP contribution is 2.18. The first-order valence-electron chi connectivity index (χ1n) is 5.55. The fourth-order valence-corrected chi connectivity index (χ4v) is 1.39. The smallest absolute Gasteiger partial charge is 0.406 e. The molecule has 19 heavy (non-hydrogen) atoms. The second-order valence-electron chi connectivity index (χ2n) is 3.74. The van der Waals surface area contributed by atoms with Crippen LogP contribution in [0.3, 0.4) is 0 Å². The van der Waals surface area contributed by atoms with Crippen LogP contribution in [0.1, 0.15) is 6.92 Å². The van der Waals surface area contributed by atoms with Crippen LogP contribution in [-0.4, -0.2) is 36.7 Å². The van der Waals surface area contributed by atoms with Gasteiger partial charge in [-0.05, 0) is 19.1 Å². The molecule has 0 atom stereocenters. The SMILES string of the molecule is CCN(CC(F)(F)F)C(=O)COc1ccccc1F. The van der Waals surface area contributed by atoms with Crippen LogP contribution in [0, 0.1) is 5.82 Å². The molecule has 0 saturated carbocycles. The second kappa shape index (κ2) is 6.40. The highest BCUT2D eigenvalue weighted by Gasteiger charge is 2.32. The highest BCUT2D eigenvalue weighted by atomic mass is 19.4. The number of hydrogen-bond acceptors (Lipinski definition) is 2. The molecule has 0 aliphatic carbocycles. The molecule has 7 heteroatoms. The number of nitrogens with zero attached hydrogens (tertiary/aromatic N) is 1. The molecule has 0 aliphatic heterocycles. The van der Waals surface area contributed by atoms with Gasteiger partial charge in [-0.1, -0.05) is 12.1 Å². The molecule has 0 heterocycles. The van der Waals surface area contributed by atoms with Gasteiger partial charge in [0.1, 0.15) is 6.54 Å². The zero-order valence-electron chi connectivity index (χ0n) is 10.2. The Balaban J connectivity index is 2.57. The van der Waals surface area contributed by atoms with E-state index in [1.54, 1.807) is 0 Å². The van der Waals surface area contributed by atoms with Gasteiger partial charge in [0.25, 0.3) is 5.91 Å². The molecule has 106 valence electrons. The molecule has 0 unspecified atom stereocenters. The summed E-state index contributed by atoms with van der Waals surface area (Å²) in [6, 6.07) is 5.36. The quantitative estimate of drug-likeness (QED) is 0.775. The lowest BCUT2D eigenvalue weighted by Crippen LogP contribution is -2.41. The van der Waals surface area contributed by atoms with Crippen molar-refractivity contribution in [3.05, 3.63) is 30.1 Å². The van der Waals surface area contributed by atoms with E-state index in [9.17, 15) is 22.4 Å². The first-order chi connectivity index (χ1) is 8.83. The van der Waals surface area contributed by atoms with Gasteiger partial charge in [0.2, 0.25) is 0 Å². The minimum Gasteiger partial charge on any atom is -0.481 e. The number of alkyl halides is 3. The molecule has 1 rings (SSSR count). The Hall–Kier alpha value is -1.79. The zero-order valence-corrected chi connectivity index (χ0v) is 10.2. The van der Waals surface area contributed by atoms with E-state index in [4.69, 9.17) is 4.74 Å². The summed E-state index contributed by atoms with van der Waals surface area (Å²) in [6.45, 7) is -0.653. The predicted molar refractivity (Wildman–Crippen MR) is 60.2 cm³/mol. The summed E-state index contributed by atoms with van der Waals surface area (Å²) in [6.07, 6.45) is -4.47. The van der Waals surface area contributed by atoms with Gasteiger partial charge in [-0.25, -0.2) is 4.39 Å². The Labute approximate surface area is 107 Å². The monoisotopic (exact) mass is 279 g/mol. The van der Waals surface area contributed by atoms with E-state index >= 15 is 0 Å². The minimum absolute atomic E-state index is 0.0982. The van der Waals surface area contributed by atoms with Crippen molar-refractivity contribution in [2.45, 2.75) is 13.1 Å². The molecule has 1 aromatic rings. The second-order valence-corrected chi connectivity index (χ2v) is 3.74. The number of hydrogen-bond donors (Lipinski definition) is 0. The van der Waals surface area contributed by atoms with Gasteiger partial charge in [0.05, 0.1) is 0 Å². The molecule has 0 aromatic heterocycles. The summed E-state index contributed by atoms with van der Waals surface area (Å²) < 4.78 is 54.6. The third kappa shape index (κ3) is 5.15. The summed E-state index contributed by atoms with van der Waals surface area (Å²) in [5.41, 5.74) is 0. The summed E-state index contributed by atoms with van der Waals surface area (Å²) in [5.74, 6) is -1.68. The summed E-state index contributed by atoms with van der Waals surface area (Å²) in [4.78, 5) is 12.1. The number of rotatable bonds is 5. The standard InChI is InChI=1S/C12H13F4NO2/c1-2-17(8-12(14,15)16)11(18)7-19-10-6-4-3-5-9(10)13/h3-6H,2,7-8H2,1H3. The van der Waals surface area contributed by atoms with E-state index in [1.807, 2.05) is 0 Å². The van der Waals surface area contributed by atoms with Gasteiger partial charge in [-0.3, -0.25) is 4.79 Å². The first-order valence-corrected chi connectivity index (χ1v) is 5.55. The third-order valence-corrected chi connectivity index (χ3v) is 2.29. The van der Waals surface area contributed by atoms with E-state index in [0.29, 0.717) is 4.90 Å². The van der Waals surface area contributed by atoms with Crippen molar-refractivity contribution >= 4 is 5.91 Å². The lowest BCUT2D eigenvalue weighted by Gasteiger charge is -2.22. The largest absolute Gasteiger partial charge is 0.481 e. The molecule has 0 saturated heterocycles. The molecule has 3 nitrogen and oxygen atoms in total. The summed E-state index contributed by atoms with van der Waals surface area (Å²) >= 11 is 0. The van der Waals surface area contributed by atoms with E-state index in [1.165, 1.54) is 25.1 Å². The molecular weight excluding hydrogens is 266 g/mol. The predicted octanol–water partition coefficient (Wildman–Crippen LogP) is 2.62. The Morgan fingerprint density at radius 2 is 1.95 bits per heavy atom. The van der Waals surface area contributed by atoms with E-state index in [2.05, 4.69) is 0 Å². The van der Waals surface area contributed by atoms with Crippen LogP contribution in [0.4, 0.5) is 17.6 Å². The van der Waals surface area contributed by atoms with E-state index in [0.717, 1.165) is 6.07 Å². The third-order valence-electron chi connectivity index (χ3n) is 2.29. The molecule has 0 spiro atoms. The summed E-state index contributed by atoms with van der Waals surface area (Å²) in [5, 5.41) is 0. The van der Waals surface area contributed by atoms with Crippen LogP contribution in [0.2, 0.25) is 0 Å². The number of benzene rings is 1. The molecule has 0 bridgehead atoms. The Morgan fingerprint density at radius 1 is 1.32 bits per heavy atom. The molecule has 1 amide bonds. The van der Waals surface area contributed by atoms with Crippen molar-refractivity contribution in [3.63, 3.8) is 0 Å². The average molecular weight is 279 g/mol. The van der Waals surface area contributed by atoms with Crippen molar-refractivity contribution in [3.8, 4) is 5.75 Å². The van der Waals surface area contributed by atoms with Crippen LogP contribution in [0.5, 0.6) is 5.75 Å². The van der Waals surface area contributed by atoms with Crippen molar-refractivity contribution in [1.82, 2.24) is 4.90 Å². The number of carbonyl (C=O) groups excluding carboxylic acids is 1. The van der Waals surface area contributed by atoms with Gasteiger partial charge in [0.15, 0.2) is 18.2 Å². The van der Waals surface area contributed by atoms with Crippen LogP contribution in [0.25, 0.3) is 0 Å². The van der Waals surface area contributed by atoms with Crippen LogP contribution in [0.15, 0.2) is 24.3 Å². The van der Waals surface area contributed by atoms with Gasteiger partial charge < -0.3 is 9.64 Å². The number of amides is 1. The average Bonchev–Trinajstić information content (AvgIpc) is 2.33. The molecule has 1 aromatic carbocycles. The fraction of sp³-hybridized carbons (Fsp3) is 0.417. The van der Waals surface area contributed by atoms with E-state index < -0.39 is 31.1 Å². The number of ether oxygens (including phenoxy) is 1. The number of halogens is 4. The fourth-order valence-electron chi connectivity index (χ4n) is 1.39. The maximum Gasteiger partial charge on any atom is 0.406 e. The molecule has 0 fully saturated rings. The Morgan fingerprint density at radius 3 is 2.47 bits per heavy atom. The first kappa shape index (κ1) is 15.3. The maximum absolute atomic E-state index is 13.2. The summed E-state index contributed by atoms with van der Waals surface area (Å²) in [7, 11) is 0. The van der Waals surface area contributed by atoms with Gasteiger partial charge in [-0.2, -0.15) is 13.2 Å². The van der Waals surface area contributed by atoms with Gasteiger partial charge in [0, 0.05) is 6.54 Å². The molecule has 0 aliphatic rings. The molecule has 0 N–H and O–H groups in total. The van der Waals surface area contributed by atoms with Crippen LogP contribution < -0.4 is 4.74 Å². The lowest BCUT2D eigenvalue weighted by molar-refractivity contribution is -0.161. The number of likely N-dealkylation sites (N-methyl/N-ethyl adjacent to an activating group) is 1. The number of para-hydroxylation sites is 1. The molecular formula is C12H13F4NO2. The van der Waals surface area contributed by atoms with Crippen molar-refractivity contribution in [2.75, 3.05) is 19.7 Å². The zero-order chi connectivity index (χ0) is 14.5. The van der Waals surface area contributed by atoms with E-state index in [-0.39, 0.29) is 12.3 Å². The minimum atomic E-state index is -4.47. The normalized spacial score (nSPS) is 11.2.